The lowest BCUT2D eigenvalue weighted by molar-refractivity contribution is 0.565. The molecule has 0 amide bonds. The summed E-state index contributed by atoms with van der Waals surface area (Å²) >= 11 is 1.50. The molecule has 0 aliphatic carbocycles. The number of hydrogen-bond donors (Lipinski definition) is 1. The molecule has 4 heteroatoms. The van der Waals surface area contributed by atoms with Gasteiger partial charge in [-0.25, -0.2) is 4.98 Å². The normalized spacial score (nSPS) is 11.8. The molecule has 3 nitrogen and oxygen atoms in total. The van der Waals surface area contributed by atoms with E-state index in [0.29, 0.717) is 12.1 Å². The van der Waals surface area contributed by atoms with Crippen molar-refractivity contribution in [3.8, 4) is 6.07 Å². The van der Waals surface area contributed by atoms with Gasteiger partial charge < -0.3 is 5.32 Å². The molecule has 1 N–H and O–H groups in total. The summed E-state index contributed by atoms with van der Waals surface area (Å²) in [6, 6.07) is 16.5. The Labute approximate surface area is 124 Å². The van der Waals surface area contributed by atoms with Crippen molar-refractivity contribution >= 4 is 11.8 Å². The topological polar surface area (TPSA) is 48.7 Å². The van der Waals surface area contributed by atoms with Crippen molar-refractivity contribution in [2.75, 3.05) is 6.26 Å². The fraction of sp³-hybridized carbons (Fsp3) is 0.250. The number of nitriles is 1. The predicted molar refractivity (Wildman–Crippen MR) is 82.4 cm³/mol. The first kappa shape index (κ1) is 14.6. The second-order valence-electron chi connectivity index (χ2n) is 4.48. The summed E-state index contributed by atoms with van der Waals surface area (Å²) in [5.74, 6) is 0. The second-order valence-corrected chi connectivity index (χ2v) is 5.28. The van der Waals surface area contributed by atoms with Crippen LogP contribution >= 0.6 is 11.8 Å². The minimum Gasteiger partial charge on any atom is -0.305 e. The molecular formula is C16H17N3S. The first-order valence-corrected chi connectivity index (χ1v) is 7.69. The lowest BCUT2D eigenvalue weighted by Gasteiger charge is -2.14. The van der Waals surface area contributed by atoms with E-state index in [1.54, 1.807) is 0 Å². The summed E-state index contributed by atoms with van der Waals surface area (Å²) in [5, 5.41) is 13.2. The van der Waals surface area contributed by atoms with Gasteiger partial charge in [0.15, 0.2) is 0 Å². The Morgan fingerprint density at radius 2 is 2.00 bits per heavy atom. The van der Waals surface area contributed by atoms with Crippen LogP contribution in [-0.4, -0.2) is 11.2 Å². The predicted octanol–water partition coefficient (Wildman–Crippen LogP) is 3.53. The van der Waals surface area contributed by atoms with Gasteiger partial charge in [0, 0.05) is 12.6 Å². The molecule has 1 heterocycles. The van der Waals surface area contributed by atoms with Crippen molar-refractivity contribution in [1.29, 1.82) is 5.26 Å². The summed E-state index contributed by atoms with van der Waals surface area (Å²) < 4.78 is 0. The Hall–Kier alpha value is -1.83. The number of thioether (sulfide) groups is 1. The van der Waals surface area contributed by atoms with Crippen LogP contribution in [0.3, 0.4) is 0 Å². The first-order valence-electron chi connectivity index (χ1n) is 6.47. The number of aromatic nitrogens is 1. The highest BCUT2D eigenvalue weighted by atomic mass is 32.2. The van der Waals surface area contributed by atoms with Gasteiger partial charge in [-0.1, -0.05) is 30.3 Å². The maximum atomic E-state index is 8.99. The molecule has 0 saturated carbocycles. The van der Waals surface area contributed by atoms with Gasteiger partial charge in [0.1, 0.15) is 11.1 Å². The van der Waals surface area contributed by atoms with Gasteiger partial charge in [0.25, 0.3) is 0 Å². The molecular weight excluding hydrogens is 266 g/mol. The molecule has 0 radical (unpaired) electrons. The Bertz CT molecular complexity index is 605. The summed E-state index contributed by atoms with van der Waals surface area (Å²) in [6.45, 7) is 2.82. The van der Waals surface area contributed by atoms with Gasteiger partial charge in [-0.05, 0) is 30.9 Å². The SMILES string of the molecule is CSc1nc(CN[C@H](C)c2ccccc2)ccc1C#N. The second kappa shape index (κ2) is 7.09. The number of nitrogens with one attached hydrogen (secondary N) is 1. The molecule has 1 aromatic carbocycles. The highest BCUT2D eigenvalue weighted by molar-refractivity contribution is 7.98. The number of pyridine rings is 1. The van der Waals surface area contributed by atoms with Gasteiger partial charge in [-0.3, -0.25) is 0 Å². The highest BCUT2D eigenvalue weighted by Gasteiger charge is 2.07. The molecule has 0 saturated heterocycles. The Morgan fingerprint density at radius 1 is 1.25 bits per heavy atom. The molecule has 2 aromatic rings. The maximum Gasteiger partial charge on any atom is 0.114 e. The molecule has 0 bridgehead atoms. The fourth-order valence-corrected chi connectivity index (χ4v) is 2.48. The number of benzene rings is 1. The standard InChI is InChI=1S/C16H17N3S/c1-12(13-6-4-3-5-7-13)18-11-15-9-8-14(10-17)16(19-15)20-2/h3-9,12,18H,11H2,1-2H3/t12-/m1/s1. The minimum absolute atomic E-state index is 0.270. The van der Waals surface area contributed by atoms with Crippen LogP contribution in [0.2, 0.25) is 0 Å². The van der Waals surface area contributed by atoms with Crippen molar-refractivity contribution in [3.63, 3.8) is 0 Å². The van der Waals surface area contributed by atoms with Crippen LogP contribution in [0, 0.1) is 11.3 Å². The van der Waals surface area contributed by atoms with Gasteiger partial charge in [0.2, 0.25) is 0 Å². The van der Waals surface area contributed by atoms with E-state index in [2.05, 4.69) is 35.4 Å². The van der Waals surface area contributed by atoms with E-state index in [-0.39, 0.29) is 6.04 Å². The summed E-state index contributed by atoms with van der Waals surface area (Å²) in [5.41, 5.74) is 2.85. The maximum absolute atomic E-state index is 8.99. The summed E-state index contributed by atoms with van der Waals surface area (Å²) in [7, 11) is 0. The van der Waals surface area contributed by atoms with E-state index in [4.69, 9.17) is 5.26 Å². The first-order chi connectivity index (χ1) is 9.74. The average Bonchev–Trinajstić information content (AvgIpc) is 2.53. The molecule has 1 aromatic heterocycles. The number of nitrogens with zero attached hydrogens (tertiary/aromatic N) is 2. The minimum atomic E-state index is 0.270. The number of hydrogen-bond acceptors (Lipinski definition) is 4. The third-order valence-corrected chi connectivity index (χ3v) is 3.82. The van der Waals surface area contributed by atoms with Crippen molar-refractivity contribution in [2.45, 2.75) is 24.5 Å². The molecule has 0 aliphatic heterocycles. The monoisotopic (exact) mass is 283 g/mol. The molecule has 0 spiro atoms. The highest BCUT2D eigenvalue weighted by Crippen LogP contribution is 2.18. The van der Waals surface area contributed by atoms with Crippen LogP contribution in [0.1, 0.15) is 29.8 Å². The fourth-order valence-electron chi connectivity index (χ4n) is 1.94. The molecule has 102 valence electrons. The number of rotatable bonds is 5. The molecule has 0 fully saturated rings. The summed E-state index contributed by atoms with van der Waals surface area (Å²) in [4.78, 5) is 4.51. The van der Waals surface area contributed by atoms with Crippen LogP contribution < -0.4 is 5.32 Å². The Kier molecular flexibility index (Phi) is 5.16. The van der Waals surface area contributed by atoms with Crippen LogP contribution in [-0.2, 0) is 6.54 Å². The Morgan fingerprint density at radius 3 is 2.65 bits per heavy atom. The van der Waals surface area contributed by atoms with Gasteiger partial charge in [-0.2, -0.15) is 5.26 Å². The largest absolute Gasteiger partial charge is 0.305 e. The third-order valence-electron chi connectivity index (χ3n) is 3.12. The van der Waals surface area contributed by atoms with E-state index in [0.717, 1.165) is 10.7 Å². The van der Waals surface area contributed by atoms with Crippen molar-refractivity contribution < 1.29 is 0 Å². The van der Waals surface area contributed by atoms with E-state index >= 15 is 0 Å². The van der Waals surface area contributed by atoms with Gasteiger partial charge >= 0.3 is 0 Å². The van der Waals surface area contributed by atoms with Crippen LogP contribution in [0.4, 0.5) is 0 Å². The van der Waals surface area contributed by atoms with E-state index in [1.807, 2.05) is 36.6 Å². The molecule has 0 aliphatic rings. The van der Waals surface area contributed by atoms with Crippen LogP contribution in [0.15, 0.2) is 47.5 Å². The van der Waals surface area contributed by atoms with E-state index in [9.17, 15) is 0 Å². The zero-order valence-corrected chi connectivity index (χ0v) is 12.4. The zero-order valence-electron chi connectivity index (χ0n) is 11.6. The molecule has 2 rings (SSSR count). The average molecular weight is 283 g/mol. The van der Waals surface area contributed by atoms with E-state index in [1.165, 1.54) is 17.3 Å². The zero-order chi connectivity index (χ0) is 14.4. The van der Waals surface area contributed by atoms with Crippen molar-refractivity contribution in [3.05, 3.63) is 59.3 Å². The molecule has 1 atom stereocenters. The van der Waals surface area contributed by atoms with Gasteiger partial charge in [0.05, 0.1) is 11.3 Å². The molecule has 20 heavy (non-hydrogen) atoms. The lowest BCUT2D eigenvalue weighted by atomic mass is 10.1. The summed E-state index contributed by atoms with van der Waals surface area (Å²) in [6.07, 6.45) is 1.94. The molecule has 0 unspecified atom stereocenters. The van der Waals surface area contributed by atoms with E-state index < -0.39 is 0 Å². The van der Waals surface area contributed by atoms with Gasteiger partial charge in [-0.15, -0.1) is 11.8 Å². The van der Waals surface area contributed by atoms with Crippen molar-refractivity contribution in [2.24, 2.45) is 0 Å². The van der Waals surface area contributed by atoms with Crippen molar-refractivity contribution in [1.82, 2.24) is 10.3 Å². The smallest absolute Gasteiger partial charge is 0.114 e. The lowest BCUT2D eigenvalue weighted by Crippen LogP contribution is -2.18. The Balaban J connectivity index is 2.03. The van der Waals surface area contributed by atoms with Crippen LogP contribution in [0.5, 0.6) is 0 Å². The van der Waals surface area contributed by atoms with Crippen LogP contribution in [0.25, 0.3) is 0 Å². The quantitative estimate of drug-likeness (QED) is 0.853. The third kappa shape index (κ3) is 3.60.